The number of carbonyl (C=O) groups excluding carboxylic acids is 2. The fourth-order valence-electron chi connectivity index (χ4n) is 2.04. The Labute approximate surface area is 116 Å². The van der Waals surface area contributed by atoms with Crippen molar-refractivity contribution in [2.45, 2.75) is 18.9 Å². The molecule has 0 bridgehead atoms. The Morgan fingerprint density at radius 1 is 1.35 bits per heavy atom. The number of carbonyl (C=O) groups is 2. The molecule has 7 nitrogen and oxygen atoms in total. The first-order chi connectivity index (χ1) is 9.60. The van der Waals surface area contributed by atoms with E-state index >= 15 is 0 Å². The topological polar surface area (TPSA) is 91.6 Å². The maximum absolute atomic E-state index is 11.3. The molecule has 1 aliphatic rings. The molecule has 1 fully saturated rings. The van der Waals surface area contributed by atoms with Gasteiger partial charge >= 0.3 is 12.1 Å². The van der Waals surface area contributed by atoms with Gasteiger partial charge in [-0.05, 0) is 6.07 Å². The van der Waals surface area contributed by atoms with Crippen molar-refractivity contribution >= 4 is 12.1 Å². The third-order valence-corrected chi connectivity index (χ3v) is 3.16. The molecule has 2 heterocycles. The molecule has 20 heavy (non-hydrogen) atoms. The lowest BCUT2D eigenvalue weighted by Crippen LogP contribution is -2.41. The van der Waals surface area contributed by atoms with Crippen LogP contribution < -0.4 is 4.74 Å². The second kappa shape index (κ2) is 6.23. The van der Waals surface area contributed by atoms with Crippen molar-refractivity contribution in [1.82, 2.24) is 9.88 Å². The first-order valence-corrected chi connectivity index (χ1v) is 6.31. The van der Waals surface area contributed by atoms with Crippen molar-refractivity contribution < 1.29 is 24.2 Å². The van der Waals surface area contributed by atoms with Gasteiger partial charge in [-0.3, -0.25) is 0 Å². The summed E-state index contributed by atoms with van der Waals surface area (Å²) >= 11 is 0. The minimum Gasteiger partial charge on any atom is -0.561 e. The Kier molecular flexibility index (Phi) is 4.39. The van der Waals surface area contributed by atoms with Crippen molar-refractivity contribution in [3.8, 4) is 5.88 Å². The van der Waals surface area contributed by atoms with Crippen LogP contribution in [0.4, 0.5) is 4.79 Å². The number of piperidine rings is 1. The lowest BCUT2D eigenvalue weighted by Gasteiger charge is -2.30. The van der Waals surface area contributed by atoms with Crippen LogP contribution in [0.15, 0.2) is 18.3 Å². The molecule has 0 aromatic carbocycles. The van der Waals surface area contributed by atoms with Gasteiger partial charge in [0.2, 0.25) is 5.88 Å². The van der Waals surface area contributed by atoms with Crippen molar-refractivity contribution in [1.29, 1.82) is 0 Å². The van der Waals surface area contributed by atoms with Gasteiger partial charge in [0, 0.05) is 36.8 Å². The molecular formula is C13H17N2O5+. The predicted molar refractivity (Wildman–Crippen MR) is 69.8 cm³/mol. The normalized spacial score (nSPS) is 15.8. The summed E-state index contributed by atoms with van der Waals surface area (Å²) in [5, 5.41) is 6.95. The molecule has 2 rings (SSSR count). The van der Waals surface area contributed by atoms with Gasteiger partial charge < -0.3 is 19.5 Å². The molecule has 0 aliphatic carbocycles. The van der Waals surface area contributed by atoms with Gasteiger partial charge in [-0.15, -0.1) is 0 Å². The molecule has 108 valence electrons. The van der Waals surface area contributed by atoms with Crippen LogP contribution in [0.1, 0.15) is 23.2 Å². The Morgan fingerprint density at radius 2 is 2.05 bits per heavy atom. The predicted octanol–water partition coefficient (Wildman–Crippen LogP) is 0.556. The van der Waals surface area contributed by atoms with Gasteiger partial charge in [-0.1, -0.05) is 0 Å². The van der Waals surface area contributed by atoms with Crippen LogP contribution in [-0.4, -0.2) is 53.4 Å². The van der Waals surface area contributed by atoms with E-state index in [1.807, 2.05) is 0 Å². The number of rotatable bonds is 3. The second-order valence-electron chi connectivity index (χ2n) is 4.49. The molecule has 0 radical (unpaired) electrons. The number of hydrogen-bond acceptors (Lipinski definition) is 5. The second-order valence-corrected chi connectivity index (χ2v) is 4.49. The van der Waals surface area contributed by atoms with E-state index in [-0.39, 0.29) is 17.8 Å². The average molecular weight is 281 g/mol. The molecule has 1 amide bonds. The van der Waals surface area contributed by atoms with E-state index in [0.29, 0.717) is 31.8 Å². The monoisotopic (exact) mass is 281 g/mol. The Morgan fingerprint density at radius 3 is 2.55 bits per heavy atom. The SMILES string of the molecule is COC(=O)N1CCC(Oc2ccc(C(=O)[OH2+])cn2)CC1. The molecule has 2 N–H and O–H groups in total. The molecule has 0 atom stereocenters. The first-order valence-electron chi connectivity index (χ1n) is 6.31. The molecule has 1 saturated heterocycles. The third kappa shape index (κ3) is 3.37. The Bertz CT molecular complexity index is 480. The molecule has 1 aromatic heterocycles. The maximum atomic E-state index is 11.3. The summed E-state index contributed by atoms with van der Waals surface area (Å²) in [6.07, 6.45) is 2.40. The largest absolute Gasteiger partial charge is 0.561 e. The molecule has 1 aromatic rings. The average Bonchev–Trinajstić information content (AvgIpc) is 2.48. The van der Waals surface area contributed by atoms with E-state index in [4.69, 9.17) is 9.84 Å². The van der Waals surface area contributed by atoms with Gasteiger partial charge in [-0.2, -0.15) is 0 Å². The van der Waals surface area contributed by atoms with Crippen LogP contribution >= 0.6 is 0 Å². The van der Waals surface area contributed by atoms with E-state index < -0.39 is 5.97 Å². The minimum absolute atomic E-state index is 0.0130. The zero-order valence-electron chi connectivity index (χ0n) is 11.2. The van der Waals surface area contributed by atoms with Crippen molar-refractivity contribution in [2.75, 3.05) is 20.2 Å². The lowest BCUT2D eigenvalue weighted by molar-refractivity contribution is 0.0696. The van der Waals surface area contributed by atoms with E-state index in [1.165, 1.54) is 19.4 Å². The quantitative estimate of drug-likeness (QED) is 0.755. The number of hydrogen-bond donors (Lipinski definition) is 0. The van der Waals surface area contributed by atoms with Crippen molar-refractivity contribution in [3.05, 3.63) is 23.9 Å². The molecule has 7 heteroatoms. The lowest BCUT2D eigenvalue weighted by atomic mass is 10.1. The van der Waals surface area contributed by atoms with Gasteiger partial charge in [0.25, 0.3) is 0 Å². The highest BCUT2D eigenvalue weighted by molar-refractivity contribution is 5.87. The van der Waals surface area contributed by atoms with E-state index in [0.717, 1.165) is 0 Å². The molecule has 0 spiro atoms. The van der Waals surface area contributed by atoms with Crippen LogP contribution in [0.3, 0.4) is 0 Å². The van der Waals surface area contributed by atoms with Crippen LogP contribution in [-0.2, 0) is 4.74 Å². The molecular weight excluding hydrogens is 264 g/mol. The Hall–Kier alpha value is -2.31. The summed E-state index contributed by atoms with van der Waals surface area (Å²) in [6, 6.07) is 3.09. The standard InChI is InChI=1S/C13H16N2O5/c1-19-13(18)15-6-4-10(5-7-15)20-11-3-2-9(8-14-11)12(16)17/h2-3,8,10H,4-7H2,1H3,(H,16,17)/p+1. The molecule has 0 saturated carbocycles. The van der Waals surface area contributed by atoms with Crippen molar-refractivity contribution in [3.63, 3.8) is 0 Å². The number of pyridine rings is 1. The summed E-state index contributed by atoms with van der Waals surface area (Å²) in [6.45, 7) is 1.17. The van der Waals surface area contributed by atoms with Gasteiger partial charge in [0.1, 0.15) is 11.7 Å². The number of aromatic nitrogens is 1. The zero-order chi connectivity index (χ0) is 14.5. The molecule has 0 unspecified atom stereocenters. The summed E-state index contributed by atoms with van der Waals surface area (Å²) < 4.78 is 10.4. The third-order valence-electron chi connectivity index (χ3n) is 3.16. The summed E-state index contributed by atoms with van der Waals surface area (Å²) in [4.78, 5) is 27.8. The number of likely N-dealkylation sites (tertiary alicyclic amines) is 1. The highest BCUT2D eigenvalue weighted by Crippen LogP contribution is 2.18. The first kappa shape index (κ1) is 14.1. The highest BCUT2D eigenvalue weighted by atomic mass is 16.5. The van der Waals surface area contributed by atoms with Crippen LogP contribution in [0, 0.1) is 0 Å². The van der Waals surface area contributed by atoms with E-state index in [1.54, 1.807) is 11.0 Å². The van der Waals surface area contributed by atoms with Crippen LogP contribution in [0.5, 0.6) is 5.88 Å². The summed E-state index contributed by atoms with van der Waals surface area (Å²) in [5.41, 5.74) is 0.234. The van der Waals surface area contributed by atoms with Gasteiger partial charge in [0.15, 0.2) is 0 Å². The minimum atomic E-state index is -0.768. The highest BCUT2D eigenvalue weighted by Gasteiger charge is 2.24. The maximum Gasteiger partial charge on any atom is 0.550 e. The summed E-state index contributed by atoms with van der Waals surface area (Å²) in [5.74, 6) is -0.345. The van der Waals surface area contributed by atoms with Gasteiger partial charge in [0.05, 0.1) is 13.3 Å². The van der Waals surface area contributed by atoms with Crippen LogP contribution in [0.25, 0.3) is 0 Å². The summed E-state index contributed by atoms with van der Waals surface area (Å²) in [7, 11) is 1.37. The smallest absolute Gasteiger partial charge is 0.550 e. The van der Waals surface area contributed by atoms with E-state index in [9.17, 15) is 9.59 Å². The fourth-order valence-corrected chi connectivity index (χ4v) is 2.04. The van der Waals surface area contributed by atoms with Crippen molar-refractivity contribution in [2.24, 2.45) is 0 Å². The fraction of sp³-hybridized carbons (Fsp3) is 0.462. The number of methoxy groups -OCH3 is 1. The number of nitrogens with zero attached hydrogens (tertiary/aromatic N) is 2. The number of ether oxygens (including phenoxy) is 2. The molecule has 1 aliphatic heterocycles. The zero-order valence-corrected chi connectivity index (χ0v) is 11.2. The number of amides is 1. The van der Waals surface area contributed by atoms with Crippen LogP contribution in [0.2, 0.25) is 0 Å². The van der Waals surface area contributed by atoms with Gasteiger partial charge in [-0.25, -0.2) is 9.78 Å². The Balaban J connectivity index is 1.86. The van der Waals surface area contributed by atoms with E-state index in [2.05, 4.69) is 9.72 Å².